The number of benzene rings is 1. The van der Waals surface area contributed by atoms with Crippen molar-refractivity contribution < 1.29 is 18.0 Å². The molecular formula is C19H25N3O4S. The standard InChI is InChI=1S/C19H25N3O4S/c1-13(23)22-11-8-15-12-17(4-5-18(15)22)27(25,26)21-9-6-14(7-10-21)19(24)20-16-2-3-16/h4-5,12,14,16H,2-3,6-11H2,1H3,(H,20,24). The average Bonchev–Trinajstić information content (AvgIpc) is 3.36. The van der Waals surface area contributed by atoms with E-state index in [1.807, 2.05) is 0 Å². The predicted octanol–water partition coefficient (Wildman–Crippen LogP) is 1.27. The molecule has 0 radical (unpaired) electrons. The molecule has 1 saturated carbocycles. The number of rotatable bonds is 4. The Kier molecular flexibility index (Phi) is 4.71. The van der Waals surface area contributed by atoms with Crippen molar-refractivity contribution in [2.45, 2.75) is 50.0 Å². The fraction of sp³-hybridized carbons (Fsp3) is 0.579. The number of hydrogen-bond donors (Lipinski definition) is 1. The van der Waals surface area contributed by atoms with E-state index < -0.39 is 10.0 Å². The lowest BCUT2D eigenvalue weighted by Gasteiger charge is -2.30. The van der Waals surface area contributed by atoms with Crippen LogP contribution < -0.4 is 10.2 Å². The number of amides is 2. The lowest BCUT2D eigenvalue weighted by Crippen LogP contribution is -2.43. The second-order valence-corrected chi connectivity index (χ2v) is 9.61. The van der Waals surface area contributed by atoms with Gasteiger partial charge >= 0.3 is 0 Å². The van der Waals surface area contributed by atoms with Gasteiger partial charge in [-0.2, -0.15) is 4.31 Å². The average molecular weight is 391 g/mol. The maximum absolute atomic E-state index is 13.0. The van der Waals surface area contributed by atoms with Crippen molar-refractivity contribution in [3.63, 3.8) is 0 Å². The highest BCUT2D eigenvalue weighted by atomic mass is 32.2. The lowest BCUT2D eigenvalue weighted by atomic mass is 9.97. The normalized spacial score (nSPS) is 21.1. The number of fused-ring (bicyclic) bond motifs is 1. The van der Waals surface area contributed by atoms with Crippen molar-refractivity contribution in [3.8, 4) is 0 Å². The van der Waals surface area contributed by atoms with Gasteiger partial charge in [-0.3, -0.25) is 9.59 Å². The van der Waals surface area contributed by atoms with Crippen molar-refractivity contribution in [2.75, 3.05) is 24.5 Å². The summed E-state index contributed by atoms with van der Waals surface area (Å²) in [6.45, 7) is 2.84. The molecule has 0 atom stereocenters. The van der Waals surface area contributed by atoms with Crippen LogP contribution in [0.4, 0.5) is 5.69 Å². The Labute approximate surface area is 159 Å². The van der Waals surface area contributed by atoms with E-state index in [0.29, 0.717) is 44.9 Å². The maximum Gasteiger partial charge on any atom is 0.243 e. The van der Waals surface area contributed by atoms with Crippen LogP contribution in [0.5, 0.6) is 0 Å². The smallest absolute Gasteiger partial charge is 0.243 e. The third-order valence-electron chi connectivity index (χ3n) is 5.71. The number of carbonyl (C=O) groups is 2. The van der Waals surface area contributed by atoms with Gasteiger partial charge in [0, 0.05) is 44.2 Å². The second-order valence-electron chi connectivity index (χ2n) is 7.67. The zero-order valence-corrected chi connectivity index (χ0v) is 16.3. The largest absolute Gasteiger partial charge is 0.353 e. The Balaban J connectivity index is 1.45. The van der Waals surface area contributed by atoms with Gasteiger partial charge in [0.2, 0.25) is 21.8 Å². The van der Waals surface area contributed by atoms with Crippen LogP contribution in [0.3, 0.4) is 0 Å². The van der Waals surface area contributed by atoms with Crippen molar-refractivity contribution in [1.82, 2.24) is 9.62 Å². The highest BCUT2D eigenvalue weighted by Gasteiger charge is 2.34. The first kappa shape index (κ1) is 18.4. The molecule has 1 aromatic rings. The van der Waals surface area contributed by atoms with Crippen molar-refractivity contribution in [1.29, 1.82) is 0 Å². The van der Waals surface area contributed by atoms with Gasteiger partial charge in [0.15, 0.2) is 0 Å². The highest BCUT2D eigenvalue weighted by Crippen LogP contribution is 2.32. The number of hydrogen-bond acceptors (Lipinski definition) is 4. The Morgan fingerprint density at radius 3 is 2.41 bits per heavy atom. The Morgan fingerprint density at radius 1 is 1.07 bits per heavy atom. The van der Waals surface area contributed by atoms with Crippen LogP contribution in [0.2, 0.25) is 0 Å². The predicted molar refractivity (Wildman–Crippen MR) is 101 cm³/mol. The van der Waals surface area contributed by atoms with Gasteiger partial charge in [-0.05, 0) is 55.9 Å². The summed E-state index contributed by atoms with van der Waals surface area (Å²) >= 11 is 0. The van der Waals surface area contributed by atoms with Crippen molar-refractivity contribution >= 4 is 27.5 Å². The molecule has 3 aliphatic rings. The molecule has 2 aliphatic heterocycles. The summed E-state index contributed by atoms with van der Waals surface area (Å²) in [5, 5.41) is 3.01. The Bertz CT molecular complexity index is 871. The summed E-state index contributed by atoms with van der Waals surface area (Å²) in [6.07, 6.45) is 3.89. The minimum Gasteiger partial charge on any atom is -0.353 e. The minimum atomic E-state index is -3.58. The molecule has 1 N–H and O–H groups in total. The van der Waals surface area contributed by atoms with Crippen LogP contribution in [0.25, 0.3) is 0 Å². The fourth-order valence-corrected chi connectivity index (χ4v) is 5.44. The fourth-order valence-electron chi connectivity index (χ4n) is 3.92. The van der Waals surface area contributed by atoms with Gasteiger partial charge in [0.25, 0.3) is 0 Å². The molecule has 27 heavy (non-hydrogen) atoms. The van der Waals surface area contributed by atoms with E-state index >= 15 is 0 Å². The molecular weight excluding hydrogens is 366 g/mol. The SMILES string of the molecule is CC(=O)N1CCc2cc(S(=O)(=O)N3CCC(C(=O)NC4CC4)CC3)ccc21. The number of nitrogens with zero attached hydrogens (tertiary/aromatic N) is 2. The van der Waals surface area contributed by atoms with E-state index in [1.54, 1.807) is 23.1 Å². The molecule has 0 aromatic heterocycles. The quantitative estimate of drug-likeness (QED) is 0.838. The number of carbonyl (C=O) groups excluding carboxylic acids is 2. The summed E-state index contributed by atoms with van der Waals surface area (Å²) in [5.74, 6) is -0.0616. The van der Waals surface area contributed by atoms with Gasteiger partial charge in [0.05, 0.1) is 4.90 Å². The number of nitrogens with one attached hydrogen (secondary N) is 1. The highest BCUT2D eigenvalue weighted by molar-refractivity contribution is 7.89. The van der Waals surface area contributed by atoms with Gasteiger partial charge in [0.1, 0.15) is 0 Å². The van der Waals surface area contributed by atoms with Gasteiger partial charge < -0.3 is 10.2 Å². The number of anilines is 1. The first-order valence-corrected chi connectivity index (χ1v) is 11.0. The topological polar surface area (TPSA) is 86.8 Å². The molecule has 0 spiro atoms. The molecule has 2 heterocycles. The molecule has 2 amide bonds. The van der Waals surface area contributed by atoms with Crippen LogP contribution in [-0.4, -0.2) is 50.2 Å². The molecule has 4 rings (SSSR count). The third kappa shape index (κ3) is 3.60. The molecule has 7 nitrogen and oxygen atoms in total. The zero-order valence-electron chi connectivity index (χ0n) is 15.5. The maximum atomic E-state index is 13.0. The molecule has 0 unspecified atom stereocenters. The van der Waals surface area contributed by atoms with Gasteiger partial charge in [-0.1, -0.05) is 0 Å². The van der Waals surface area contributed by atoms with Gasteiger partial charge in [-0.15, -0.1) is 0 Å². The first-order valence-electron chi connectivity index (χ1n) is 9.58. The van der Waals surface area contributed by atoms with Crippen LogP contribution in [0.15, 0.2) is 23.1 Å². The molecule has 8 heteroatoms. The monoisotopic (exact) mass is 391 g/mol. The van der Waals surface area contributed by atoms with Crippen molar-refractivity contribution in [3.05, 3.63) is 23.8 Å². The summed E-state index contributed by atoms with van der Waals surface area (Å²) in [4.78, 5) is 25.8. The van der Waals surface area contributed by atoms with Crippen LogP contribution in [0, 0.1) is 5.92 Å². The molecule has 1 saturated heterocycles. The summed E-state index contributed by atoms with van der Waals surface area (Å²) in [7, 11) is -3.58. The first-order chi connectivity index (χ1) is 12.9. The van der Waals surface area contributed by atoms with Crippen molar-refractivity contribution in [2.24, 2.45) is 5.92 Å². The molecule has 2 fully saturated rings. The zero-order chi connectivity index (χ0) is 19.2. The van der Waals surface area contributed by atoms with E-state index in [0.717, 1.165) is 24.1 Å². The van der Waals surface area contributed by atoms with E-state index in [1.165, 1.54) is 11.2 Å². The Morgan fingerprint density at radius 2 is 1.78 bits per heavy atom. The molecule has 0 bridgehead atoms. The van der Waals surface area contributed by atoms with E-state index in [2.05, 4.69) is 5.32 Å². The van der Waals surface area contributed by atoms with Gasteiger partial charge in [-0.25, -0.2) is 8.42 Å². The second kappa shape index (κ2) is 6.91. The molecule has 1 aromatic carbocycles. The Hall–Kier alpha value is -1.93. The van der Waals surface area contributed by atoms with E-state index in [9.17, 15) is 18.0 Å². The molecule has 146 valence electrons. The summed E-state index contributed by atoms with van der Waals surface area (Å²) in [6, 6.07) is 5.34. The van der Waals surface area contributed by atoms with Crippen LogP contribution >= 0.6 is 0 Å². The number of piperidine rings is 1. The lowest BCUT2D eigenvalue weighted by molar-refractivity contribution is -0.126. The molecule has 1 aliphatic carbocycles. The summed E-state index contributed by atoms with van der Waals surface area (Å²) in [5.41, 5.74) is 1.70. The van der Waals surface area contributed by atoms with E-state index in [4.69, 9.17) is 0 Å². The third-order valence-corrected chi connectivity index (χ3v) is 7.61. The van der Waals surface area contributed by atoms with Crippen LogP contribution in [-0.2, 0) is 26.0 Å². The van der Waals surface area contributed by atoms with E-state index in [-0.39, 0.29) is 22.6 Å². The summed E-state index contributed by atoms with van der Waals surface area (Å²) < 4.78 is 27.5. The number of sulfonamides is 1. The van der Waals surface area contributed by atoms with Crippen LogP contribution in [0.1, 0.15) is 38.2 Å². The minimum absolute atomic E-state index is 0.0316.